The fourth-order valence-electron chi connectivity index (χ4n) is 2.97. The summed E-state index contributed by atoms with van der Waals surface area (Å²) in [5, 5.41) is 9.11. The van der Waals surface area contributed by atoms with Crippen molar-refractivity contribution < 1.29 is 9.59 Å². The van der Waals surface area contributed by atoms with Crippen molar-refractivity contribution >= 4 is 28.3 Å². The number of hydrogen-bond acceptors (Lipinski definition) is 5. The average Bonchev–Trinajstić information content (AvgIpc) is 3.24. The second kappa shape index (κ2) is 7.57. The van der Waals surface area contributed by atoms with E-state index in [1.165, 1.54) is 11.3 Å². The number of thiazole rings is 1. The highest BCUT2D eigenvalue weighted by atomic mass is 32.1. The van der Waals surface area contributed by atoms with Gasteiger partial charge < -0.3 is 4.90 Å². The quantitative estimate of drug-likeness (QED) is 0.859. The molecule has 8 heteroatoms. The van der Waals surface area contributed by atoms with Crippen LogP contribution in [0, 0.1) is 6.92 Å². The number of anilines is 1. The molecular formula is C16H21N5O2S. The van der Waals surface area contributed by atoms with E-state index >= 15 is 0 Å². The van der Waals surface area contributed by atoms with Crippen molar-refractivity contribution in [2.45, 2.75) is 45.2 Å². The first-order valence-corrected chi connectivity index (χ1v) is 9.03. The van der Waals surface area contributed by atoms with E-state index in [2.05, 4.69) is 15.4 Å². The summed E-state index contributed by atoms with van der Waals surface area (Å²) in [6, 6.07) is 1.96. The predicted octanol–water partition coefficient (Wildman–Crippen LogP) is 2.06. The molecule has 2 aromatic heterocycles. The van der Waals surface area contributed by atoms with E-state index in [0.29, 0.717) is 11.7 Å². The molecule has 3 heterocycles. The minimum absolute atomic E-state index is 0.0826. The second-order valence-corrected chi connectivity index (χ2v) is 6.81. The Kier molecular flexibility index (Phi) is 5.24. The molecule has 1 saturated heterocycles. The number of likely N-dealkylation sites (tertiary alicyclic amines) is 1. The van der Waals surface area contributed by atoms with Gasteiger partial charge in [-0.05, 0) is 38.7 Å². The molecule has 0 spiro atoms. The summed E-state index contributed by atoms with van der Waals surface area (Å²) < 4.78 is 1.86. The smallest absolute Gasteiger partial charge is 0.315 e. The maximum Gasteiger partial charge on any atom is 0.315 e. The van der Waals surface area contributed by atoms with Crippen LogP contribution in [0.5, 0.6) is 0 Å². The number of hydrogen-bond donors (Lipinski definition) is 1. The Hall–Kier alpha value is -2.22. The van der Waals surface area contributed by atoms with Gasteiger partial charge in [-0.15, -0.1) is 11.3 Å². The molecule has 128 valence electrons. The molecule has 0 saturated carbocycles. The maximum absolute atomic E-state index is 12.5. The summed E-state index contributed by atoms with van der Waals surface area (Å²) in [7, 11) is 0. The predicted molar refractivity (Wildman–Crippen MR) is 91.7 cm³/mol. The molecule has 0 bridgehead atoms. The van der Waals surface area contributed by atoms with Gasteiger partial charge in [0.15, 0.2) is 5.13 Å². The van der Waals surface area contributed by atoms with E-state index in [-0.39, 0.29) is 6.04 Å². The van der Waals surface area contributed by atoms with E-state index < -0.39 is 11.8 Å². The summed E-state index contributed by atoms with van der Waals surface area (Å²) >= 11 is 1.33. The van der Waals surface area contributed by atoms with Crippen molar-refractivity contribution in [3.8, 4) is 0 Å². The Balaban J connectivity index is 1.60. The first-order valence-electron chi connectivity index (χ1n) is 8.15. The molecule has 1 aliphatic heterocycles. The summed E-state index contributed by atoms with van der Waals surface area (Å²) in [5.74, 6) is -1.07. The van der Waals surface area contributed by atoms with E-state index in [9.17, 15) is 9.59 Å². The summed E-state index contributed by atoms with van der Waals surface area (Å²) in [5.41, 5.74) is 0.831. The van der Waals surface area contributed by atoms with Crippen LogP contribution in [0.4, 0.5) is 5.13 Å². The van der Waals surface area contributed by atoms with Gasteiger partial charge in [0.25, 0.3) is 0 Å². The monoisotopic (exact) mass is 347 g/mol. The van der Waals surface area contributed by atoms with Gasteiger partial charge in [0.1, 0.15) is 0 Å². The number of amides is 2. The minimum atomic E-state index is -0.602. The Morgan fingerprint density at radius 2 is 2.29 bits per heavy atom. The zero-order valence-electron chi connectivity index (χ0n) is 13.6. The lowest BCUT2D eigenvalue weighted by molar-refractivity contribution is -0.145. The Bertz CT molecular complexity index is 697. The number of nitrogens with one attached hydrogen (secondary N) is 1. The van der Waals surface area contributed by atoms with E-state index in [1.807, 2.05) is 29.2 Å². The Morgan fingerprint density at radius 1 is 1.42 bits per heavy atom. The molecule has 1 atom stereocenters. The molecule has 1 N–H and O–H groups in total. The van der Waals surface area contributed by atoms with Gasteiger partial charge in [-0.25, -0.2) is 4.98 Å². The number of piperidine rings is 1. The number of rotatable bonds is 4. The van der Waals surface area contributed by atoms with E-state index in [4.69, 9.17) is 0 Å². The molecule has 1 fully saturated rings. The third-order valence-corrected chi connectivity index (χ3v) is 5.05. The van der Waals surface area contributed by atoms with Gasteiger partial charge in [-0.2, -0.15) is 5.10 Å². The first-order chi connectivity index (χ1) is 11.6. The highest BCUT2D eigenvalue weighted by Gasteiger charge is 2.30. The second-order valence-electron chi connectivity index (χ2n) is 5.95. The van der Waals surface area contributed by atoms with Gasteiger partial charge in [0.2, 0.25) is 0 Å². The van der Waals surface area contributed by atoms with Crippen LogP contribution in [0.15, 0.2) is 23.8 Å². The lowest BCUT2D eigenvalue weighted by Gasteiger charge is -2.35. The molecule has 2 aromatic rings. The van der Waals surface area contributed by atoms with Gasteiger partial charge in [-0.3, -0.25) is 19.6 Å². The van der Waals surface area contributed by atoms with Gasteiger partial charge >= 0.3 is 11.8 Å². The van der Waals surface area contributed by atoms with Crippen LogP contribution in [0.2, 0.25) is 0 Å². The standard InChI is InChI=1S/C16H21N5O2S/c1-12-11-24-16(18-12)19-14(22)15(23)21-9-3-2-5-13(21)6-10-20-8-4-7-17-20/h4,7-8,11,13H,2-3,5-6,9-10H2,1H3,(H,18,19,22). The van der Waals surface area contributed by atoms with Crippen LogP contribution in [0.3, 0.4) is 0 Å². The molecule has 0 aliphatic carbocycles. The lowest BCUT2D eigenvalue weighted by Crippen LogP contribution is -2.48. The van der Waals surface area contributed by atoms with Crippen molar-refractivity contribution in [1.82, 2.24) is 19.7 Å². The molecule has 24 heavy (non-hydrogen) atoms. The molecule has 0 aromatic carbocycles. The molecule has 0 radical (unpaired) electrons. The van der Waals surface area contributed by atoms with Crippen molar-refractivity contribution in [1.29, 1.82) is 0 Å². The normalized spacial score (nSPS) is 17.7. The maximum atomic E-state index is 12.5. The first kappa shape index (κ1) is 16.6. The van der Waals surface area contributed by atoms with Gasteiger partial charge in [0, 0.05) is 36.9 Å². The van der Waals surface area contributed by atoms with Gasteiger partial charge in [0.05, 0.1) is 5.69 Å². The van der Waals surface area contributed by atoms with Gasteiger partial charge in [-0.1, -0.05) is 0 Å². The summed E-state index contributed by atoms with van der Waals surface area (Å²) in [6.07, 6.45) is 7.40. The van der Waals surface area contributed by atoms with Crippen LogP contribution in [-0.4, -0.2) is 44.1 Å². The van der Waals surface area contributed by atoms with Crippen LogP contribution in [0.25, 0.3) is 0 Å². The minimum Gasteiger partial charge on any atom is -0.331 e. The molecule has 3 rings (SSSR count). The third-order valence-electron chi connectivity index (χ3n) is 4.17. The molecule has 2 amide bonds. The topological polar surface area (TPSA) is 80.1 Å². The summed E-state index contributed by atoms with van der Waals surface area (Å²) in [4.78, 5) is 30.7. The lowest BCUT2D eigenvalue weighted by atomic mass is 9.99. The van der Waals surface area contributed by atoms with Crippen LogP contribution < -0.4 is 5.32 Å². The molecule has 1 aliphatic rings. The fraction of sp³-hybridized carbons (Fsp3) is 0.500. The highest BCUT2D eigenvalue weighted by molar-refractivity contribution is 7.14. The molecular weight excluding hydrogens is 326 g/mol. The Labute approximate surface area is 144 Å². The van der Waals surface area contributed by atoms with Crippen molar-refractivity contribution in [3.05, 3.63) is 29.5 Å². The van der Waals surface area contributed by atoms with Crippen molar-refractivity contribution in [3.63, 3.8) is 0 Å². The highest BCUT2D eigenvalue weighted by Crippen LogP contribution is 2.21. The summed E-state index contributed by atoms with van der Waals surface area (Å²) in [6.45, 7) is 3.23. The third kappa shape index (κ3) is 4.00. The molecule has 1 unspecified atom stereocenters. The fourth-order valence-corrected chi connectivity index (χ4v) is 3.66. The largest absolute Gasteiger partial charge is 0.331 e. The number of nitrogens with zero attached hydrogens (tertiary/aromatic N) is 4. The zero-order chi connectivity index (χ0) is 16.9. The van der Waals surface area contributed by atoms with E-state index in [1.54, 1.807) is 11.1 Å². The number of carbonyl (C=O) groups excluding carboxylic acids is 2. The van der Waals surface area contributed by atoms with Crippen LogP contribution in [-0.2, 0) is 16.1 Å². The SMILES string of the molecule is Cc1csc(NC(=O)C(=O)N2CCCCC2CCn2cccn2)n1. The molecule has 7 nitrogen and oxygen atoms in total. The Morgan fingerprint density at radius 3 is 3.00 bits per heavy atom. The van der Waals surface area contributed by atoms with Crippen LogP contribution in [0.1, 0.15) is 31.4 Å². The number of aryl methyl sites for hydroxylation is 2. The zero-order valence-corrected chi connectivity index (χ0v) is 14.5. The number of carbonyl (C=O) groups is 2. The van der Waals surface area contributed by atoms with E-state index in [0.717, 1.165) is 37.9 Å². The van der Waals surface area contributed by atoms with Crippen LogP contribution >= 0.6 is 11.3 Å². The van der Waals surface area contributed by atoms with Crippen molar-refractivity contribution in [2.24, 2.45) is 0 Å². The number of aromatic nitrogens is 3. The average molecular weight is 347 g/mol. The van der Waals surface area contributed by atoms with Crippen molar-refractivity contribution in [2.75, 3.05) is 11.9 Å².